The fraction of sp³-hybridized carbons (Fsp3) is 0.267. The van der Waals surface area contributed by atoms with Crippen LogP contribution < -0.4 is 0 Å². The van der Waals surface area contributed by atoms with Crippen molar-refractivity contribution in [3.05, 3.63) is 35.4 Å². The number of benzene rings is 2. The quantitative estimate of drug-likeness (QED) is 0.735. The van der Waals surface area contributed by atoms with Crippen LogP contribution in [0, 0.1) is 0 Å². The predicted molar refractivity (Wildman–Crippen MR) is 72.9 cm³/mol. The number of hydrogen-bond acceptors (Lipinski definition) is 3. The highest BCUT2D eigenvalue weighted by atomic mass is 16.4. The monoisotopic (exact) mass is 260 g/mol. The van der Waals surface area contributed by atoms with E-state index in [-0.39, 0.29) is 11.2 Å². The van der Waals surface area contributed by atoms with Gasteiger partial charge in [0, 0.05) is 5.39 Å². The molecular weight excluding hydrogens is 244 g/mol. The van der Waals surface area contributed by atoms with Gasteiger partial charge in [-0.1, -0.05) is 39.0 Å². The maximum absolute atomic E-state index is 11.1. The molecular formula is C15H16O4. The van der Waals surface area contributed by atoms with Gasteiger partial charge < -0.3 is 15.3 Å². The second-order valence-electron chi connectivity index (χ2n) is 5.58. The number of phenols is 2. The molecule has 0 aliphatic rings. The molecule has 0 spiro atoms. The third-order valence-electron chi connectivity index (χ3n) is 3.14. The summed E-state index contributed by atoms with van der Waals surface area (Å²) in [6.07, 6.45) is 0. The Kier molecular flexibility index (Phi) is 2.89. The van der Waals surface area contributed by atoms with Crippen molar-refractivity contribution in [2.75, 3.05) is 0 Å². The Hall–Kier alpha value is -2.23. The average molecular weight is 260 g/mol. The number of fused-ring (bicyclic) bond motifs is 1. The molecule has 0 radical (unpaired) electrons. The number of carboxylic acids is 1. The van der Waals surface area contributed by atoms with E-state index in [1.165, 1.54) is 6.07 Å². The Morgan fingerprint density at radius 1 is 1.16 bits per heavy atom. The van der Waals surface area contributed by atoms with Crippen LogP contribution in [0.25, 0.3) is 10.8 Å². The normalized spacial score (nSPS) is 11.7. The molecule has 0 amide bonds. The van der Waals surface area contributed by atoms with Gasteiger partial charge in [-0.05, 0) is 22.4 Å². The Morgan fingerprint density at radius 3 is 2.32 bits per heavy atom. The molecule has 0 atom stereocenters. The van der Waals surface area contributed by atoms with Crippen LogP contribution in [0.4, 0.5) is 0 Å². The average Bonchev–Trinajstić information content (AvgIpc) is 2.26. The molecule has 100 valence electrons. The Bertz CT molecular complexity index is 666. The molecule has 0 unspecified atom stereocenters. The van der Waals surface area contributed by atoms with Crippen molar-refractivity contribution in [3.8, 4) is 11.5 Å². The van der Waals surface area contributed by atoms with Gasteiger partial charge >= 0.3 is 5.97 Å². The minimum Gasteiger partial charge on any atom is -0.507 e. The van der Waals surface area contributed by atoms with E-state index >= 15 is 0 Å². The highest BCUT2D eigenvalue weighted by Crippen LogP contribution is 2.40. The minimum absolute atomic E-state index is 0.246. The summed E-state index contributed by atoms with van der Waals surface area (Å²) in [5.74, 6) is -2.16. The van der Waals surface area contributed by atoms with Crippen LogP contribution in [0.15, 0.2) is 24.3 Å². The second kappa shape index (κ2) is 4.16. The lowest BCUT2D eigenvalue weighted by molar-refractivity contribution is 0.0690. The SMILES string of the molecule is CC(C)(C)c1cccc2cc(O)c(C(=O)O)c(O)c12. The van der Waals surface area contributed by atoms with E-state index in [0.29, 0.717) is 10.8 Å². The van der Waals surface area contributed by atoms with Crippen LogP contribution in [-0.2, 0) is 5.41 Å². The van der Waals surface area contributed by atoms with Crippen LogP contribution in [0.2, 0.25) is 0 Å². The second-order valence-corrected chi connectivity index (χ2v) is 5.58. The van der Waals surface area contributed by atoms with Crippen molar-refractivity contribution in [1.82, 2.24) is 0 Å². The van der Waals surface area contributed by atoms with E-state index in [1.54, 1.807) is 6.07 Å². The fourth-order valence-electron chi connectivity index (χ4n) is 2.26. The summed E-state index contributed by atoms with van der Waals surface area (Å²) in [6, 6.07) is 6.77. The molecule has 2 aromatic carbocycles. The highest BCUT2D eigenvalue weighted by molar-refractivity contribution is 6.04. The Balaban J connectivity index is 2.97. The molecule has 4 heteroatoms. The van der Waals surface area contributed by atoms with Gasteiger partial charge in [-0.25, -0.2) is 4.79 Å². The number of carboxylic acid groups (broad SMARTS) is 1. The number of aromatic carboxylic acids is 1. The first-order chi connectivity index (χ1) is 8.73. The molecule has 3 N–H and O–H groups in total. The van der Waals surface area contributed by atoms with Gasteiger partial charge in [-0.15, -0.1) is 0 Å². The highest BCUT2D eigenvalue weighted by Gasteiger charge is 2.24. The van der Waals surface area contributed by atoms with Crippen molar-refractivity contribution in [1.29, 1.82) is 0 Å². The van der Waals surface area contributed by atoms with E-state index < -0.39 is 17.3 Å². The van der Waals surface area contributed by atoms with Crippen molar-refractivity contribution in [3.63, 3.8) is 0 Å². The summed E-state index contributed by atoms with van der Waals surface area (Å²) in [7, 11) is 0. The third-order valence-corrected chi connectivity index (χ3v) is 3.14. The van der Waals surface area contributed by atoms with Gasteiger partial charge in [0.2, 0.25) is 0 Å². The number of carbonyl (C=O) groups is 1. The largest absolute Gasteiger partial charge is 0.507 e. The van der Waals surface area contributed by atoms with Gasteiger partial charge in [0.05, 0.1) is 0 Å². The number of hydrogen-bond donors (Lipinski definition) is 3. The standard InChI is InChI=1S/C15H16O4/c1-15(2,3)9-6-4-5-8-7-10(16)12(14(18)19)13(17)11(8)9/h4-7,16-17H,1-3H3,(H,18,19). The zero-order valence-corrected chi connectivity index (χ0v) is 11.1. The summed E-state index contributed by atoms with van der Waals surface area (Å²) >= 11 is 0. The van der Waals surface area contributed by atoms with E-state index in [1.807, 2.05) is 32.9 Å². The maximum Gasteiger partial charge on any atom is 0.343 e. The number of rotatable bonds is 1. The van der Waals surface area contributed by atoms with Gasteiger partial charge in [-0.3, -0.25) is 0 Å². The summed E-state index contributed by atoms with van der Waals surface area (Å²) in [5.41, 5.74) is 0.137. The topological polar surface area (TPSA) is 77.8 Å². The van der Waals surface area contributed by atoms with Gasteiger partial charge in [0.1, 0.15) is 17.1 Å². The smallest absolute Gasteiger partial charge is 0.343 e. The summed E-state index contributed by atoms with van der Waals surface area (Å²) < 4.78 is 0. The number of aromatic hydroxyl groups is 2. The molecule has 2 rings (SSSR count). The van der Waals surface area contributed by atoms with E-state index in [2.05, 4.69) is 0 Å². The minimum atomic E-state index is -1.35. The third kappa shape index (κ3) is 2.10. The lowest BCUT2D eigenvalue weighted by atomic mass is 9.83. The van der Waals surface area contributed by atoms with E-state index in [0.717, 1.165) is 5.56 Å². The van der Waals surface area contributed by atoms with Crippen LogP contribution in [0.1, 0.15) is 36.7 Å². The summed E-state index contributed by atoms with van der Waals surface area (Å²) in [6.45, 7) is 5.94. The van der Waals surface area contributed by atoms with Crippen LogP contribution in [0.3, 0.4) is 0 Å². The van der Waals surface area contributed by atoms with E-state index in [4.69, 9.17) is 5.11 Å². The first-order valence-corrected chi connectivity index (χ1v) is 5.95. The molecule has 0 fully saturated rings. The van der Waals surface area contributed by atoms with Crippen molar-refractivity contribution < 1.29 is 20.1 Å². The molecule has 0 aliphatic heterocycles. The zero-order valence-electron chi connectivity index (χ0n) is 11.1. The first kappa shape index (κ1) is 13.2. The molecule has 0 heterocycles. The predicted octanol–water partition coefficient (Wildman–Crippen LogP) is 3.25. The van der Waals surface area contributed by atoms with Crippen LogP contribution >= 0.6 is 0 Å². The summed E-state index contributed by atoms with van der Waals surface area (Å²) in [4.78, 5) is 11.1. The summed E-state index contributed by atoms with van der Waals surface area (Å²) in [5, 5.41) is 30.1. The van der Waals surface area contributed by atoms with Crippen LogP contribution in [-0.4, -0.2) is 21.3 Å². The Labute approximate surface area is 110 Å². The maximum atomic E-state index is 11.1. The zero-order chi connectivity index (χ0) is 14.4. The van der Waals surface area contributed by atoms with Gasteiger partial charge in [0.15, 0.2) is 0 Å². The molecule has 0 aliphatic carbocycles. The molecule has 0 saturated heterocycles. The molecule has 0 bridgehead atoms. The lowest BCUT2D eigenvalue weighted by Crippen LogP contribution is -2.12. The molecule has 4 nitrogen and oxygen atoms in total. The molecule has 19 heavy (non-hydrogen) atoms. The molecule has 2 aromatic rings. The van der Waals surface area contributed by atoms with Crippen molar-refractivity contribution >= 4 is 16.7 Å². The molecule has 0 saturated carbocycles. The van der Waals surface area contributed by atoms with Crippen molar-refractivity contribution in [2.24, 2.45) is 0 Å². The van der Waals surface area contributed by atoms with Gasteiger partial charge in [-0.2, -0.15) is 0 Å². The fourth-order valence-corrected chi connectivity index (χ4v) is 2.26. The molecule has 0 aromatic heterocycles. The van der Waals surface area contributed by atoms with Crippen molar-refractivity contribution in [2.45, 2.75) is 26.2 Å². The lowest BCUT2D eigenvalue weighted by Gasteiger charge is -2.22. The Morgan fingerprint density at radius 2 is 1.79 bits per heavy atom. The first-order valence-electron chi connectivity index (χ1n) is 5.95. The van der Waals surface area contributed by atoms with E-state index in [9.17, 15) is 15.0 Å². The van der Waals surface area contributed by atoms with Crippen LogP contribution in [0.5, 0.6) is 11.5 Å². The van der Waals surface area contributed by atoms with Gasteiger partial charge in [0.25, 0.3) is 0 Å².